The zero-order valence-electron chi connectivity index (χ0n) is 17.1. The number of amides is 1. The fraction of sp³-hybridized carbons (Fsp3) is 0.125. The van der Waals surface area contributed by atoms with E-state index in [4.69, 9.17) is 33.0 Å². The standard InChI is InChI=1S/C24H19ClN2O4S/c1-30-22-9-7-16(12-19(22)25)21-10-8-18(31-21)13-20-23(29)27(24(32)26-20)17(14-28)11-15-5-3-2-4-6-15/h2-10,12-14,17H,11H2,1H3,(H,26,32). The molecule has 0 aliphatic carbocycles. The van der Waals surface area contributed by atoms with Gasteiger partial charge in [0, 0.05) is 18.1 Å². The van der Waals surface area contributed by atoms with Crippen molar-refractivity contribution in [3.63, 3.8) is 0 Å². The van der Waals surface area contributed by atoms with Crippen LogP contribution in [0.1, 0.15) is 11.3 Å². The SMILES string of the molecule is COc1ccc(-c2ccc(C=C3NC(=S)N(C(C=O)Cc4ccccc4)C3=O)o2)cc1Cl. The number of halogens is 1. The van der Waals surface area contributed by atoms with Gasteiger partial charge in [-0.25, -0.2) is 0 Å². The van der Waals surface area contributed by atoms with Crippen molar-refractivity contribution < 1.29 is 18.7 Å². The Morgan fingerprint density at radius 3 is 2.66 bits per heavy atom. The molecule has 0 saturated carbocycles. The lowest BCUT2D eigenvalue weighted by atomic mass is 10.1. The lowest BCUT2D eigenvalue weighted by Crippen LogP contribution is -2.42. The van der Waals surface area contributed by atoms with Gasteiger partial charge < -0.3 is 19.3 Å². The van der Waals surface area contributed by atoms with E-state index in [0.717, 1.165) is 17.4 Å². The van der Waals surface area contributed by atoms with E-state index in [-0.39, 0.29) is 16.7 Å². The lowest BCUT2D eigenvalue weighted by molar-refractivity contribution is -0.127. The quantitative estimate of drug-likeness (QED) is 0.314. The van der Waals surface area contributed by atoms with E-state index >= 15 is 0 Å². The fourth-order valence-electron chi connectivity index (χ4n) is 3.45. The molecule has 1 aliphatic heterocycles. The largest absolute Gasteiger partial charge is 0.495 e. The normalized spacial score (nSPS) is 15.7. The molecular weight excluding hydrogens is 448 g/mol. The number of nitrogens with one attached hydrogen (secondary N) is 1. The fourth-order valence-corrected chi connectivity index (χ4v) is 4.04. The van der Waals surface area contributed by atoms with Gasteiger partial charge in [-0.3, -0.25) is 9.69 Å². The molecular formula is C24H19ClN2O4S. The Balaban J connectivity index is 1.54. The van der Waals surface area contributed by atoms with Crippen LogP contribution in [0.25, 0.3) is 17.4 Å². The van der Waals surface area contributed by atoms with Crippen LogP contribution in [0.3, 0.4) is 0 Å². The first-order valence-electron chi connectivity index (χ1n) is 9.79. The Morgan fingerprint density at radius 2 is 1.97 bits per heavy atom. The number of furan rings is 1. The zero-order valence-corrected chi connectivity index (χ0v) is 18.7. The average molecular weight is 467 g/mol. The second-order valence-electron chi connectivity index (χ2n) is 7.11. The minimum atomic E-state index is -0.704. The first kappa shape index (κ1) is 21.8. The van der Waals surface area contributed by atoms with Gasteiger partial charge in [0.25, 0.3) is 5.91 Å². The number of ether oxygens (including phenoxy) is 1. The van der Waals surface area contributed by atoms with Crippen molar-refractivity contribution in [1.29, 1.82) is 0 Å². The highest BCUT2D eigenvalue weighted by Gasteiger charge is 2.36. The monoisotopic (exact) mass is 466 g/mol. The van der Waals surface area contributed by atoms with E-state index in [1.807, 2.05) is 36.4 Å². The molecule has 1 aromatic heterocycles. The summed E-state index contributed by atoms with van der Waals surface area (Å²) in [5, 5.41) is 3.54. The summed E-state index contributed by atoms with van der Waals surface area (Å²) >= 11 is 11.5. The van der Waals surface area contributed by atoms with Crippen LogP contribution < -0.4 is 10.1 Å². The van der Waals surface area contributed by atoms with Crippen LogP contribution >= 0.6 is 23.8 Å². The highest BCUT2D eigenvalue weighted by Crippen LogP contribution is 2.31. The number of rotatable bonds is 7. The molecule has 32 heavy (non-hydrogen) atoms. The highest BCUT2D eigenvalue weighted by atomic mass is 35.5. The molecule has 0 spiro atoms. The van der Waals surface area contributed by atoms with Crippen molar-refractivity contribution >= 4 is 47.2 Å². The van der Waals surface area contributed by atoms with Crippen LogP contribution in [0.2, 0.25) is 5.02 Å². The maximum atomic E-state index is 13.0. The Hall–Kier alpha value is -3.42. The van der Waals surface area contributed by atoms with Gasteiger partial charge in [0.15, 0.2) is 5.11 Å². The third kappa shape index (κ3) is 4.44. The van der Waals surface area contributed by atoms with Crippen molar-refractivity contribution in [3.8, 4) is 17.1 Å². The number of methoxy groups -OCH3 is 1. The van der Waals surface area contributed by atoms with Crippen LogP contribution in [0.5, 0.6) is 5.75 Å². The summed E-state index contributed by atoms with van der Waals surface area (Å²) in [5.74, 6) is 1.23. The molecule has 162 valence electrons. The van der Waals surface area contributed by atoms with Crippen molar-refractivity contribution in [2.75, 3.05) is 7.11 Å². The van der Waals surface area contributed by atoms with Crippen LogP contribution in [-0.2, 0) is 16.0 Å². The zero-order chi connectivity index (χ0) is 22.7. The molecule has 8 heteroatoms. The molecule has 2 aromatic carbocycles. The molecule has 1 fully saturated rings. The molecule has 1 atom stereocenters. The number of benzene rings is 2. The molecule has 1 amide bonds. The van der Waals surface area contributed by atoms with Gasteiger partial charge in [-0.15, -0.1) is 0 Å². The minimum Gasteiger partial charge on any atom is -0.495 e. The van der Waals surface area contributed by atoms with Gasteiger partial charge in [0.05, 0.1) is 18.2 Å². The number of thiocarbonyl (C=S) groups is 1. The molecule has 6 nitrogen and oxygen atoms in total. The van der Waals surface area contributed by atoms with Crippen molar-refractivity contribution in [1.82, 2.24) is 10.2 Å². The molecule has 3 aromatic rings. The van der Waals surface area contributed by atoms with Gasteiger partial charge in [0.1, 0.15) is 29.3 Å². The summed E-state index contributed by atoms with van der Waals surface area (Å²) in [6, 6.07) is 17.6. The van der Waals surface area contributed by atoms with E-state index in [1.165, 1.54) is 4.90 Å². The summed E-state index contributed by atoms with van der Waals surface area (Å²) in [6.45, 7) is 0. The molecule has 0 bridgehead atoms. The summed E-state index contributed by atoms with van der Waals surface area (Å²) in [6.07, 6.45) is 2.67. The van der Waals surface area contributed by atoms with Gasteiger partial charge in [-0.2, -0.15) is 0 Å². The van der Waals surface area contributed by atoms with E-state index in [0.29, 0.717) is 28.7 Å². The molecule has 4 rings (SSSR count). The Bertz CT molecular complexity index is 1210. The third-order valence-corrected chi connectivity index (χ3v) is 5.63. The molecule has 1 N–H and O–H groups in total. The number of carbonyl (C=O) groups excluding carboxylic acids is 2. The Morgan fingerprint density at radius 1 is 1.19 bits per heavy atom. The van der Waals surface area contributed by atoms with Crippen LogP contribution in [0.15, 0.2) is 70.8 Å². The molecule has 0 radical (unpaired) electrons. The number of aldehydes is 1. The van der Waals surface area contributed by atoms with Gasteiger partial charge in [-0.05, 0) is 48.1 Å². The summed E-state index contributed by atoms with van der Waals surface area (Å²) in [4.78, 5) is 26.0. The number of hydrogen-bond donors (Lipinski definition) is 1. The second kappa shape index (κ2) is 9.38. The average Bonchev–Trinajstić information content (AvgIpc) is 3.37. The van der Waals surface area contributed by atoms with Gasteiger partial charge in [-0.1, -0.05) is 41.9 Å². The maximum Gasteiger partial charge on any atom is 0.277 e. The predicted octanol–water partition coefficient (Wildman–Crippen LogP) is 4.48. The summed E-state index contributed by atoms with van der Waals surface area (Å²) in [5.41, 5.74) is 1.95. The van der Waals surface area contributed by atoms with Gasteiger partial charge >= 0.3 is 0 Å². The molecule has 2 heterocycles. The molecule has 1 unspecified atom stereocenters. The minimum absolute atomic E-state index is 0.183. The Labute approximate surface area is 195 Å². The van der Waals surface area contributed by atoms with E-state index < -0.39 is 6.04 Å². The Kier molecular flexibility index (Phi) is 6.39. The molecule has 1 aliphatic rings. The first-order valence-corrected chi connectivity index (χ1v) is 10.6. The lowest BCUT2D eigenvalue weighted by Gasteiger charge is -2.21. The van der Waals surface area contributed by atoms with Crippen molar-refractivity contribution in [2.45, 2.75) is 12.5 Å². The van der Waals surface area contributed by atoms with Crippen molar-refractivity contribution in [2.24, 2.45) is 0 Å². The van der Waals surface area contributed by atoms with Gasteiger partial charge in [0.2, 0.25) is 0 Å². The number of nitrogens with zero attached hydrogens (tertiary/aromatic N) is 1. The van der Waals surface area contributed by atoms with E-state index in [1.54, 1.807) is 37.5 Å². The highest BCUT2D eigenvalue weighted by molar-refractivity contribution is 7.80. The third-order valence-electron chi connectivity index (χ3n) is 5.04. The van der Waals surface area contributed by atoms with E-state index in [2.05, 4.69) is 5.32 Å². The second-order valence-corrected chi connectivity index (χ2v) is 7.90. The van der Waals surface area contributed by atoms with Crippen molar-refractivity contribution in [3.05, 3.63) is 82.7 Å². The predicted molar refractivity (Wildman–Crippen MR) is 126 cm³/mol. The molecule has 1 saturated heterocycles. The maximum absolute atomic E-state index is 13.0. The summed E-state index contributed by atoms with van der Waals surface area (Å²) < 4.78 is 11.0. The van der Waals surface area contributed by atoms with Crippen LogP contribution in [0, 0.1) is 0 Å². The van der Waals surface area contributed by atoms with Crippen LogP contribution in [-0.4, -0.2) is 35.4 Å². The van der Waals surface area contributed by atoms with Crippen LogP contribution in [0.4, 0.5) is 0 Å². The smallest absolute Gasteiger partial charge is 0.277 e. The number of hydrogen-bond acceptors (Lipinski definition) is 5. The topological polar surface area (TPSA) is 71.8 Å². The number of carbonyl (C=O) groups is 2. The first-order chi connectivity index (χ1) is 15.5. The van der Waals surface area contributed by atoms with E-state index in [9.17, 15) is 9.59 Å². The summed E-state index contributed by atoms with van der Waals surface area (Å²) in [7, 11) is 1.55.